The van der Waals surface area contributed by atoms with Crippen LogP contribution in [0.25, 0.3) is 0 Å². The van der Waals surface area contributed by atoms with Crippen molar-refractivity contribution < 1.29 is 9.18 Å². The number of rotatable bonds is 1. The van der Waals surface area contributed by atoms with Crippen LogP contribution in [0.1, 0.15) is 5.56 Å². The van der Waals surface area contributed by atoms with E-state index in [4.69, 9.17) is 5.73 Å². The zero-order chi connectivity index (χ0) is 9.47. The first-order valence-electron chi connectivity index (χ1n) is 3.98. The summed E-state index contributed by atoms with van der Waals surface area (Å²) < 4.78 is 13.9. The molecule has 2 rings (SSSR count). The van der Waals surface area contributed by atoms with Gasteiger partial charge in [0.2, 0.25) is 5.67 Å². The van der Waals surface area contributed by atoms with Gasteiger partial charge in [0.25, 0.3) is 5.91 Å². The first kappa shape index (κ1) is 8.19. The number of hydrogen-bond donors (Lipinski definition) is 2. The van der Waals surface area contributed by atoms with Crippen molar-refractivity contribution in [3.63, 3.8) is 0 Å². The molecule has 1 aromatic rings. The Morgan fingerprint density at radius 3 is 2.85 bits per heavy atom. The maximum Gasteiger partial charge on any atom is 0.268 e. The van der Waals surface area contributed by atoms with Crippen molar-refractivity contribution in [1.82, 2.24) is 0 Å². The minimum Gasteiger partial charge on any atom is -0.327 e. The average Bonchev–Trinajstić information content (AvgIpc) is 2.41. The number of nitrogens with two attached hydrogens (primary N) is 1. The number of hydrogen-bond acceptors (Lipinski definition) is 2. The lowest BCUT2D eigenvalue weighted by molar-refractivity contribution is -0.126. The van der Waals surface area contributed by atoms with Gasteiger partial charge in [0.15, 0.2) is 0 Å². The summed E-state index contributed by atoms with van der Waals surface area (Å²) in [6.07, 6.45) is 0. The van der Waals surface area contributed by atoms with Crippen LogP contribution >= 0.6 is 0 Å². The predicted octanol–water partition coefficient (Wildman–Crippen LogP) is 0.762. The molecule has 13 heavy (non-hydrogen) atoms. The van der Waals surface area contributed by atoms with Gasteiger partial charge in [-0.25, -0.2) is 4.39 Å². The molecule has 1 heterocycles. The fourth-order valence-corrected chi connectivity index (χ4v) is 1.48. The highest BCUT2D eigenvalue weighted by Crippen LogP contribution is 2.37. The van der Waals surface area contributed by atoms with Crippen molar-refractivity contribution in [3.05, 3.63) is 29.8 Å². The second-order valence-corrected chi connectivity index (χ2v) is 3.00. The van der Waals surface area contributed by atoms with Crippen LogP contribution in [0.3, 0.4) is 0 Å². The maximum atomic E-state index is 13.9. The van der Waals surface area contributed by atoms with Crippen LogP contribution in [-0.2, 0) is 10.5 Å². The number of anilines is 1. The summed E-state index contributed by atoms with van der Waals surface area (Å²) in [5.74, 6) is -0.670. The van der Waals surface area contributed by atoms with E-state index in [2.05, 4.69) is 5.32 Å². The van der Waals surface area contributed by atoms with Crippen molar-refractivity contribution in [2.45, 2.75) is 5.67 Å². The molecule has 0 fully saturated rings. The van der Waals surface area contributed by atoms with E-state index in [0.29, 0.717) is 11.3 Å². The first-order valence-corrected chi connectivity index (χ1v) is 3.98. The number of fused-ring (bicyclic) bond motifs is 1. The summed E-state index contributed by atoms with van der Waals surface area (Å²) in [4.78, 5) is 11.2. The number of carbonyl (C=O) groups excluding carboxylic acids is 1. The van der Waals surface area contributed by atoms with E-state index >= 15 is 0 Å². The van der Waals surface area contributed by atoms with E-state index < -0.39 is 11.6 Å². The van der Waals surface area contributed by atoms with Gasteiger partial charge in [0.05, 0.1) is 0 Å². The molecule has 1 aromatic carbocycles. The predicted molar refractivity (Wildman–Crippen MR) is 46.9 cm³/mol. The van der Waals surface area contributed by atoms with Gasteiger partial charge in [-0.15, -0.1) is 0 Å². The molecule has 1 amide bonds. The largest absolute Gasteiger partial charge is 0.327 e. The van der Waals surface area contributed by atoms with Gasteiger partial charge in [-0.3, -0.25) is 4.79 Å². The molecule has 3 N–H and O–H groups in total. The molecule has 0 bridgehead atoms. The van der Waals surface area contributed by atoms with Crippen LogP contribution in [0.4, 0.5) is 10.1 Å². The number of para-hydroxylation sites is 1. The van der Waals surface area contributed by atoms with E-state index in [0.717, 1.165) is 0 Å². The van der Waals surface area contributed by atoms with Gasteiger partial charge < -0.3 is 11.1 Å². The highest BCUT2D eigenvalue weighted by atomic mass is 19.1. The van der Waals surface area contributed by atoms with Gasteiger partial charge in [-0.2, -0.15) is 0 Å². The third-order valence-corrected chi connectivity index (χ3v) is 2.24. The third-order valence-electron chi connectivity index (χ3n) is 2.24. The average molecular weight is 180 g/mol. The Bertz CT molecular complexity index is 366. The second-order valence-electron chi connectivity index (χ2n) is 3.00. The molecule has 0 aliphatic carbocycles. The lowest BCUT2D eigenvalue weighted by atomic mass is 9.98. The highest BCUT2D eigenvalue weighted by molar-refractivity contribution is 6.05. The smallest absolute Gasteiger partial charge is 0.268 e. The molecule has 0 saturated carbocycles. The van der Waals surface area contributed by atoms with Crippen molar-refractivity contribution in [2.24, 2.45) is 5.73 Å². The minimum atomic E-state index is -2.05. The number of benzene rings is 1. The third kappa shape index (κ3) is 0.954. The second kappa shape index (κ2) is 2.53. The summed E-state index contributed by atoms with van der Waals surface area (Å²) in [5.41, 5.74) is 4.04. The van der Waals surface area contributed by atoms with Crippen LogP contribution in [-0.4, -0.2) is 12.5 Å². The van der Waals surface area contributed by atoms with E-state index in [1.165, 1.54) is 0 Å². The molecule has 0 spiro atoms. The summed E-state index contributed by atoms with van der Waals surface area (Å²) in [6, 6.07) is 6.65. The Morgan fingerprint density at radius 2 is 2.15 bits per heavy atom. The summed E-state index contributed by atoms with van der Waals surface area (Å²) in [7, 11) is 0. The first-order chi connectivity index (χ1) is 6.18. The van der Waals surface area contributed by atoms with Crippen molar-refractivity contribution in [2.75, 3.05) is 11.9 Å². The summed E-state index contributed by atoms with van der Waals surface area (Å²) >= 11 is 0. The normalized spacial score (nSPS) is 25.5. The van der Waals surface area contributed by atoms with Gasteiger partial charge >= 0.3 is 0 Å². The van der Waals surface area contributed by atoms with Crippen LogP contribution in [0.2, 0.25) is 0 Å². The van der Waals surface area contributed by atoms with Crippen LogP contribution in [0.5, 0.6) is 0 Å². The molecule has 0 aromatic heterocycles. The number of alkyl halides is 1. The minimum absolute atomic E-state index is 0.324. The van der Waals surface area contributed by atoms with Gasteiger partial charge in [-0.05, 0) is 6.07 Å². The fourth-order valence-electron chi connectivity index (χ4n) is 1.48. The Kier molecular flexibility index (Phi) is 1.60. The number of amides is 1. The molecule has 68 valence electrons. The van der Waals surface area contributed by atoms with E-state index in [-0.39, 0.29) is 6.54 Å². The van der Waals surface area contributed by atoms with Crippen molar-refractivity contribution in [1.29, 1.82) is 0 Å². The molecule has 1 aliphatic heterocycles. The quantitative estimate of drug-likeness (QED) is 0.670. The highest BCUT2D eigenvalue weighted by Gasteiger charge is 2.46. The Labute approximate surface area is 74.7 Å². The SMILES string of the molecule is NCC1(F)C(=O)Nc2ccccc21. The summed E-state index contributed by atoms with van der Waals surface area (Å²) in [5, 5.41) is 2.44. The Balaban J connectivity index is 2.59. The number of halogens is 1. The van der Waals surface area contributed by atoms with Crippen molar-refractivity contribution >= 4 is 11.6 Å². The van der Waals surface area contributed by atoms with Gasteiger partial charge in [0.1, 0.15) is 0 Å². The molecule has 1 unspecified atom stereocenters. The molecule has 3 nitrogen and oxygen atoms in total. The Morgan fingerprint density at radius 1 is 1.46 bits per heavy atom. The van der Waals surface area contributed by atoms with Gasteiger partial charge in [-0.1, -0.05) is 18.2 Å². The summed E-state index contributed by atoms with van der Waals surface area (Å²) in [6.45, 7) is -0.324. The topological polar surface area (TPSA) is 55.1 Å². The molecule has 0 saturated heterocycles. The molecule has 1 atom stereocenters. The standard InChI is InChI=1S/C9H9FN2O/c10-9(5-11)6-3-1-2-4-7(6)12-8(9)13/h1-4H,5,11H2,(H,12,13). The lowest BCUT2D eigenvalue weighted by Crippen LogP contribution is -2.37. The zero-order valence-electron chi connectivity index (χ0n) is 6.88. The molecular weight excluding hydrogens is 171 g/mol. The van der Waals surface area contributed by atoms with E-state index in [1.807, 2.05) is 0 Å². The molecule has 1 aliphatic rings. The molecule has 0 radical (unpaired) electrons. The van der Waals surface area contributed by atoms with Gasteiger partial charge in [0, 0.05) is 17.8 Å². The van der Waals surface area contributed by atoms with Crippen molar-refractivity contribution in [3.8, 4) is 0 Å². The number of nitrogens with one attached hydrogen (secondary N) is 1. The fraction of sp³-hybridized carbons (Fsp3) is 0.222. The Hall–Kier alpha value is -1.42. The number of carbonyl (C=O) groups is 1. The van der Waals surface area contributed by atoms with E-state index in [9.17, 15) is 9.18 Å². The molecule has 4 heteroatoms. The lowest BCUT2D eigenvalue weighted by Gasteiger charge is -2.14. The zero-order valence-corrected chi connectivity index (χ0v) is 6.88. The monoisotopic (exact) mass is 180 g/mol. The van der Waals surface area contributed by atoms with Crippen LogP contribution < -0.4 is 11.1 Å². The van der Waals surface area contributed by atoms with Crippen LogP contribution in [0, 0.1) is 0 Å². The maximum absolute atomic E-state index is 13.9. The van der Waals surface area contributed by atoms with Crippen LogP contribution in [0.15, 0.2) is 24.3 Å². The van der Waals surface area contributed by atoms with E-state index in [1.54, 1.807) is 24.3 Å². The molecular formula is C9H9FN2O.